The van der Waals surface area contributed by atoms with Crippen molar-refractivity contribution in [2.24, 2.45) is 0 Å². The van der Waals surface area contributed by atoms with Crippen LogP contribution in [0.4, 0.5) is 14.9 Å². The molecule has 1 aliphatic heterocycles. The summed E-state index contributed by atoms with van der Waals surface area (Å²) in [5.74, 6) is -0.491. The maximum absolute atomic E-state index is 13.1. The van der Waals surface area contributed by atoms with Gasteiger partial charge in [0, 0.05) is 32.2 Å². The SMILES string of the molecule is CC(C)N1CCN(C(=O)Nc2ccc(F)cc2C#N)CC1. The summed E-state index contributed by atoms with van der Waals surface area (Å²) in [4.78, 5) is 16.2. The molecule has 1 N–H and O–H groups in total. The highest BCUT2D eigenvalue weighted by Gasteiger charge is 2.22. The van der Waals surface area contributed by atoms with Crippen molar-refractivity contribution in [1.29, 1.82) is 5.26 Å². The van der Waals surface area contributed by atoms with Gasteiger partial charge in [0.15, 0.2) is 0 Å². The van der Waals surface area contributed by atoms with Crippen LogP contribution in [0, 0.1) is 17.1 Å². The lowest BCUT2D eigenvalue weighted by atomic mass is 10.2. The van der Waals surface area contributed by atoms with E-state index in [4.69, 9.17) is 5.26 Å². The number of rotatable bonds is 2. The zero-order valence-electron chi connectivity index (χ0n) is 12.3. The number of piperazine rings is 1. The number of urea groups is 1. The summed E-state index contributed by atoms with van der Waals surface area (Å²) in [6.07, 6.45) is 0. The van der Waals surface area contributed by atoms with E-state index in [0.29, 0.717) is 24.8 Å². The van der Waals surface area contributed by atoms with Crippen LogP contribution in [0.25, 0.3) is 0 Å². The highest BCUT2D eigenvalue weighted by Crippen LogP contribution is 2.17. The fraction of sp³-hybridized carbons (Fsp3) is 0.467. The van der Waals surface area contributed by atoms with E-state index in [-0.39, 0.29) is 11.6 Å². The van der Waals surface area contributed by atoms with Gasteiger partial charge in [-0.3, -0.25) is 4.90 Å². The Hall–Kier alpha value is -2.13. The topological polar surface area (TPSA) is 59.4 Å². The molecule has 5 nitrogen and oxygen atoms in total. The van der Waals surface area contributed by atoms with E-state index in [1.165, 1.54) is 12.1 Å². The first-order valence-corrected chi connectivity index (χ1v) is 7.01. The minimum atomic E-state index is -0.491. The molecule has 0 unspecified atom stereocenters. The number of halogens is 1. The first kappa shape index (κ1) is 15.3. The van der Waals surface area contributed by atoms with Gasteiger partial charge in [-0.2, -0.15) is 5.26 Å². The Bertz CT molecular complexity index is 559. The average Bonchev–Trinajstić information content (AvgIpc) is 2.49. The molecule has 1 aliphatic rings. The highest BCUT2D eigenvalue weighted by atomic mass is 19.1. The van der Waals surface area contributed by atoms with Crippen LogP contribution in [0.5, 0.6) is 0 Å². The molecule has 21 heavy (non-hydrogen) atoms. The molecule has 6 heteroatoms. The Morgan fingerprint density at radius 2 is 2.00 bits per heavy atom. The Morgan fingerprint density at radius 3 is 2.57 bits per heavy atom. The van der Waals surface area contributed by atoms with Gasteiger partial charge in [-0.1, -0.05) is 0 Å². The van der Waals surface area contributed by atoms with E-state index < -0.39 is 5.82 Å². The van der Waals surface area contributed by atoms with Gasteiger partial charge in [-0.15, -0.1) is 0 Å². The monoisotopic (exact) mass is 290 g/mol. The third kappa shape index (κ3) is 3.70. The van der Waals surface area contributed by atoms with Gasteiger partial charge in [0.1, 0.15) is 11.9 Å². The summed E-state index contributed by atoms with van der Waals surface area (Å²) in [5, 5.41) is 11.7. The van der Waals surface area contributed by atoms with Crippen molar-refractivity contribution in [3.63, 3.8) is 0 Å². The lowest BCUT2D eigenvalue weighted by Gasteiger charge is -2.36. The number of benzene rings is 1. The van der Waals surface area contributed by atoms with E-state index in [9.17, 15) is 9.18 Å². The maximum Gasteiger partial charge on any atom is 0.321 e. The Labute approximate surface area is 123 Å². The number of nitriles is 1. The van der Waals surface area contributed by atoms with E-state index in [1.807, 2.05) is 6.07 Å². The summed E-state index contributed by atoms with van der Waals surface area (Å²) in [5.41, 5.74) is 0.472. The third-order valence-electron chi connectivity index (χ3n) is 3.68. The fourth-order valence-electron chi connectivity index (χ4n) is 2.35. The highest BCUT2D eigenvalue weighted by molar-refractivity contribution is 5.90. The van der Waals surface area contributed by atoms with Crippen molar-refractivity contribution < 1.29 is 9.18 Å². The van der Waals surface area contributed by atoms with E-state index in [2.05, 4.69) is 24.1 Å². The minimum absolute atomic E-state index is 0.129. The van der Waals surface area contributed by atoms with Crippen LogP contribution in [0.2, 0.25) is 0 Å². The van der Waals surface area contributed by atoms with Gasteiger partial charge in [0.25, 0.3) is 0 Å². The largest absolute Gasteiger partial charge is 0.322 e. The second kappa shape index (κ2) is 6.55. The molecule has 0 radical (unpaired) electrons. The Balaban J connectivity index is 1.98. The Kier molecular flexibility index (Phi) is 4.76. The second-order valence-electron chi connectivity index (χ2n) is 5.35. The summed E-state index contributed by atoms with van der Waals surface area (Å²) >= 11 is 0. The summed E-state index contributed by atoms with van der Waals surface area (Å²) in [7, 11) is 0. The zero-order valence-corrected chi connectivity index (χ0v) is 12.3. The van der Waals surface area contributed by atoms with E-state index in [0.717, 1.165) is 19.2 Å². The van der Waals surface area contributed by atoms with Crippen LogP contribution >= 0.6 is 0 Å². The number of carbonyl (C=O) groups is 1. The molecule has 2 amide bonds. The first-order valence-electron chi connectivity index (χ1n) is 7.01. The van der Waals surface area contributed by atoms with Crippen LogP contribution in [0.15, 0.2) is 18.2 Å². The molecule has 2 rings (SSSR count). The summed E-state index contributed by atoms with van der Waals surface area (Å²) < 4.78 is 13.1. The zero-order chi connectivity index (χ0) is 15.4. The van der Waals surface area contributed by atoms with Crippen molar-refractivity contribution in [2.45, 2.75) is 19.9 Å². The van der Waals surface area contributed by atoms with Crippen LogP contribution in [0.3, 0.4) is 0 Å². The molecule has 0 spiro atoms. The Morgan fingerprint density at radius 1 is 1.33 bits per heavy atom. The van der Waals surface area contributed by atoms with Crippen LogP contribution in [0.1, 0.15) is 19.4 Å². The molecule has 0 aromatic heterocycles. The molecular formula is C15H19FN4O. The molecule has 1 saturated heterocycles. The van der Waals surface area contributed by atoms with Gasteiger partial charge in [-0.05, 0) is 32.0 Å². The number of hydrogen-bond acceptors (Lipinski definition) is 3. The van der Waals surface area contributed by atoms with Crippen molar-refractivity contribution in [2.75, 3.05) is 31.5 Å². The smallest absolute Gasteiger partial charge is 0.321 e. The first-order chi connectivity index (χ1) is 10.0. The number of amides is 2. The number of nitrogens with zero attached hydrogens (tertiary/aromatic N) is 3. The maximum atomic E-state index is 13.1. The normalized spacial score (nSPS) is 15.9. The third-order valence-corrected chi connectivity index (χ3v) is 3.68. The van der Waals surface area contributed by atoms with Crippen molar-refractivity contribution in [3.05, 3.63) is 29.6 Å². The molecule has 0 saturated carbocycles. The predicted octanol–water partition coefficient (Wildman–Crippen LogP) is 2.26. The molecule has 1 fully saturated rings. The van der Waals surface area contributed by atoms with Gasteiger partial charge >= 0.3 is 6.03 Å². The molecule has 112 valence electrons. The lowest BCUT2D eigenvalue weighted by Crippen LogP contribution is -2.51. The molecule has 1 aromatic rings. The molecule has 1 heterocycles. The molecular weight excluding hydrogens is 271 g/mol. The van der Waals surface area contributed by atoms with Gasteiger partial charge < -0.3 is 10.2 Å². The minimum Gasteiger partial charge on any atom is -0.322 e. The standard InChI is InChI=1S/C15H19FN4O/c1-11(2)19-5-7-20(8-6-19)15(21)18-14-4-3-13(16)9-12(14)10-17/h3-4,9,11H,5-8H2,1-2H3,(H,18,21). The number of carbonyl (C=O) groups excluding carboxylic acids is 1. The second-order valence-corrected chi connectivity index (χ2v) is 5.35. The lowest BCUT2D eigenvalue weighted by molar-refractivity contribution is 0.125. The number of hydrogen-bond donors (Lipinski definition) is 1. The fourth-order valence-corrected chi connectivity index (χ4v) is 2.35. The van der Waals surface area contributed by atoms with Gasteiger partial charge in [-0.25, -0.2) is 9.18 Å². The number of nitrogens with one attached hydrogen (secondary N) is 1. The number of anilines is 1. The van der Waals surface area contributed by atoms with Gasteiger partial charge in [0.2, 0.25) is 0 Å². The molecule has 0 aliphatic carbocycles. The van der Waals surface area contributed by atoms with Crippen LogP contribution in [-0.4, -0.2) is 48.1 Å². The van der Waals surface area contributed by atoms with E-state index >= 15 is 0 Å². The summed E-state index contributed by atoms with van der Waals surface area (Å²) in [6.45, 7) is 7.22. The molecule has 0 bridgehead atoms. The molecule has 0 atom stereocenters. The van der Waals surface area contributed by atoms with Gasteiger partial charge in [0.05, 0.1) is 11.3 Å². The van der Waals surface area contributed by atoms with Crippen molar-refractivity contribution in [1.82, 2.24) is 9.80 Å². The molecule has 1 aromatic carbocycles. The van der Waals surface area contributed by atoms with Crippen molar-refractivity contribution >= 4 is 11.7 Å². The summed E-state index contributed by atoms with van der Waals surface area (Å²) in [6, 6.07) is 5.87. The van der Waals surface area contributed by atoms with Crippen LogP contribution < -0.4 is 5.32 Å². The average molecular weight is 290 g/mol. The van der Waals surface area contributed by atoms with Crippen LogP contribution in [-0.2, 0) is 0 Å². The quantitative estimate of drug-likeness (QED) is 0.909. The van der Waals surface area contributed by atoms with E-state index in [1.54, 1.807) is 4.90 Å². The predicted molar refractivity (Wildman–Crippen MR) is 78.4 cm³/mol. The van der Waals surface area contributed by atoms with Crippen molar-refractivity contribution in [3.8, 4) is 6.07 Å².